The first-order valence-electron chi connectivity index (χ1n) is 12.5. The van der Waals surface area contributed by atoms with E-state index in [2.05, 4.69) is 139 Å². The molecule has 0 saturated carbocycles. The van der Waals surface area contributed by atoms with Gasteiger partial charge in [0.2, 0.25) is 0 Å². The fraction of sp³-hybridized carbons (Fsp3) is 0.0286. The standard InChI is InChI=1S/C35H25N/c1-2-9-24(10-3-1)31-13-6-7-14-32(31)28-18-17-26-23-30(20-19-25(26)21-28)36-34-16-8-12-29-22-27-11-4-5-15-33(27)35(29)34/h1-21,23,36H,22H2. The molecule has 0 spiro atoms. The van der Waals surface area contributed by atoms with Crippen molar-refractivity contribution in [2.24, 2.45) is 0 Å². The molecular weight excluding hydrogens is 434 g/mol. The van der Waals surface area contributed by atoms with Crippen LogP contribution in [0, 0.1) is 0 Å². The third-order valence-corrected chi connectivity index (χ3v) is 7.26. The van der Waals surface area contributed by atoms with E-state index < -0.39 is 0 Å². The molecule has 0 heterocycles. The minimum Gasteiger partial charge on any atom is -0.355 e. The molecule has 1 aliphatic rings. The Bertz CT molecular complexity index is 1730. The van der Waals surface area contributed by atoms with Gasteiger partial charge in [-0.05, 0) is 80.4 Å². The lowest BCUT2D eigenvalue weighted by Gasteiger charge is -2.14. The molecule has 1 nitrogen and oxygen atoms in total. The van der Waals surface area contributed by atoms with Crippen molar-refractivity contribution < 1.29 is 0 Å². The third-order valence-electron chi connectivity index (χ3n) is 7.26. The van der Waals surface area contributed by atoms with E-state index in [1.54, 1.807) is 0 Å². The molecule has 0 aliphatic heterocycles. The van der Waals surface area contributed by atoms with Crippen molar-refractivity contribution in [1.82, 2.24) is 0 Å². The molecule has 0 amide bonds. The minimum atomic E-state index is 1.01. The molecule has 0 unspecified atom stereocenters. The number of anilines is 2. The largest absolute Gasteiger partial charge is 0.355 e. The summed E-state index contributed by atoms with van der Waals surface area (Å²) in [4.78, 5) is 0. The van der Waals surface area contributed by atoms with Gasteiger partial charge in [0.15, 0.2) is 0 Å². The molecule has 170 valence electrons. The van der Waals surface area contributed by atoms with E-state index in [1.807, 2.05) is 0 Å². The molecule has 6 aromatic carbocycles. The van der Waals surface area contributed by atoms with E-state index in [-0.39, 0.29) is 0 Å². The molecule has 6 aromatic rings. The van der Waals surface area contributed by atoms with E-state index in [0.717, 1.165) is 12.1 Å². The zero-order chi connectivity index (χ0) is 23.9. The van der Waals surface area contributed by atoms with Crippen LogP contribution in [-0.4, -0.2) is 0 Å². The molecule has 36 heavy (non-hydrogen) atoms. The quantitative estimate of drug-likeness (QED) is 0.276. The lowest BCUT2D eigenvalue weighted by molar-refractivity contribution is 1.26. The Morgan fingerprint density at radius 3 is 1.97 bits per heavy atom. The first-order chi connectivity index (χ1) is 17.8. The Balaban J connectivity index is 1.24. The molecule has 0 atom stereocenters. The number of benzene rings is 6. The van der Waals surface area contributed by atoms with Crippen molar-refractivity contribution in [1.29, 1.82) is 0 Å². The Morgan fingerprint density at radius 1 is 0.444 bits per heavy atom. The van der Waals surface area contributed by atoms with Gasteiger partial charge in [0.1, 0.15) is 0 Å². The van der Waals surface area contributed by atoms with E-state index in [9.17, 15) is 0 Å². The van der Waals surface area contributed by atoms with Crippen molar-refractivity contribution in [2.45, 2.75) is 6.42 Å². The highest BCUT2D eigenvalue weighted by atomic mass is 14.9. The summed E-state index contributed by atoms with van der Waals surface area (Å²) >= 11 is 0. The smallest absolute Gasteiger partial charge is 0.0466 e. The first kappa shape index (κ1) is 20.7. The van der Waals surface area contributed by atoms with Crippen molar-refractivity contribution >= 4 is 22.1 Å². The molecule has 1 aliphatic carbocycles. The number of fused-ring (bicyclic) bond motifs is 4. The highest BCUT2D eigenvalue weighted by molar-refractivity contribution is 5.94. The highest BCUT2D eigenvalue weighted by Gasteiger charge is 2.20. The van der Waals surface area contributed by atoms with Gasteiger partial charge in [0.25, 0.3) is 0 Å². The second-order valence-corrected chi connectivity index (χ2v) is 9.49. The number of hydrogen-bond donors (Lipinski definition) is 1. The summed E-state index contributed by atoms with van der Waals surface area (Å²) in [6, 6.07) is 48.1. The lowest BCUT2D eigenvalue weighted by Crippen LogP contribution is -1.94. The van der Waals surface area contributed by atoms with E-state index in [4.69, 9.17) is 0 Å². The molecule has 1 N–H and O–H groups in total. The van der Waals surface area contributed by atoms with Gasteiger partial charge in [0.05, 0.1) is 0 Å². The minimum absolute atomic E-state index is 1.01. The number of hydrogen-bond acceptors (Lipinski definition) is 1. The summed E-state index contributed by atoms with van der Waals surface area (Å²) in [5.41, 5.74) is 12.7. The SMILES string of the molecule is c1ccc(-c2ccccc2-c2ccc3cc(Nc4cccc5c4-c4ccccc4C5)ccc3c2)cc1. The van der Waals surface area contributed by atoms with E-state index in [0.29, 0.717) is 0 Å². The summed E-state index contributed by atoms with van der Waals surface area (Å²) < 4.78 is 0. The summed E-state index contributed by atoms with van der Waals surface area (Å²) in [7, 11) is 0. The molecule has 0 radical (unpaired) electrons. The van der Waals surface area contributed by atoms with Crippen LogP contribution in [0.1, 0.15) is 11.1 Å². The van der Waals surface area contributed by atoms with Crippen LogP contribution in [0.4, 0.5) is 11.4 Å². The van der Waals surface area contributed by atoms with Crippen molar-refractivity contribution in [3.05, 3.63) is 145 Å². The summed E-state index contributed by atoms with van der Waals surface area (Å²) in [5, 5.41) is 6.19. The van der Waals surface area contributed by atoms with Crippen LogP contribution in [0.2, 0.25) is 0 Å². The monoisotopic (exact) mass is 459 g/mol. The van der Waals surface area contributed by atoms with Crippen LogP contribution in [0.5, 0.6) is 0 Å². The molecule has 0 saturated heterocycles. The fourth-order valence-corrected chi connectivity index (χ4v) is 5.54. The normalized spacial score (nSPS) is 11.8. The Morgan fingerprint density at radius 2 is 1.11 bits per heavy atom. The maximum absolute atomic E-state index is 3.71. The molecular formula is C35H25N. The summed E-state index contributed by atoms with van der Waals surface area (Å²) in [5.74, 6) is 0. The van der Waals surface area contributed by atoms with Gasteiger partial charge in [-0.1, -0.05) is 109 Å². The van der Waals surface area contributed by atoms with Gasteiger partial charge in [0, 0.05) is 16.9 Å². The molecule has 1 heteroatoms. The average Bonchev–Trinajstić information content (AvgIpc) is 3.33. The maximum Gasteiger partial charge on any atom is 0.0466 e. The Kier molecular flexibility index (Phi) is 4.92. The molecule has 7 rings (SSSR count). The first-order valence-corrected chi connectivity index (χ1v) is 12.5. The Hall–Kier alpha value is -4.62. The van der Waals surface area contributed by atoms with Gasteiger partial charge < -0.3 is 5.32 Å². The molecule has 0 bridgehead atoms. The van der Waals surface area contributed by atoms with E-state index in [1.165, 1.54) is 61.0 Å². The summed E-state index contributed by atoms with van der Waals surface area (Å²) in [6.07, 6.45) is 1.01. The molecule has 0 fully saturated rings. The zero-order valence-corrected chi connectivity index (χ0v) is 19.9. The zero-order valence-electron chi connectivity index (χ0n) is 19.9. The second kappa shape index (κ2) is 8.55. The highest BCUT2D eigenvalue weighted by Crippen LogP contribution is 2.42. The maximum atomic E-state index is 3.71. The number of rotatable bonds is 4. The van der Waals surface area contributed by atoms with Crippen LogP contribution in [0.3, 0.4) is 0 Å². The van der Waals surface area contributed by atoms with Crippen LogP contribution in [0.15, 0.2) is 133 Å². The van der Waals surface area contributed by atoms with Gasteiger partial charge in [-0.2, -0.15) is 0 Å². The van der Waals surface area contributed by atoms with Crippen LogP contribution in [-0.2, 0) is 6.42 Å². The fourth-order valence-electron chi connectivity index (χ4n) is 5.54. The van der Waals surface area contributed by atoms with Gasteiger partial charge in [-0.25, -0.2) is 0 Å². The number of nitrogens with one attached hydrogen (secondary N) is 1. The predicted octanol–water partition coefficient (Wildman–Crippen LogP) is 9.49. The van der Waals surface area contributed by atoms with Gasteiger partial charge in [-0.15, -0.1) is 0 Å². The average molecular weight is 460 g/mol. The third kappa shape index (κ3) is 3.57. The van der Waals surface area contributed by atoms with Crippen LogP contribution >= 0.6 is 0 Å². The lowest BCUT2D eigenvalue weighted by atomic mass is 9.93. The van der Waals surface area contributed by atoms with Crippen molar-refractivity contribution in [3.8, 4) is 33.4 Å². The topological polar surface area (TPSA) is 12.0 Å². The Labute approximate surface area is 211 Å². The van der Waals surface area contributed by atoms with Gasteiger partial charge in [-0.3, -0.25) is 0 Å². The second-order valence-electron chi connectivity index (χ2n) is 9.49. The van der Waals surface area contributed by atoms with Gasteiger partial charge >= 0.3 is 0 Å². The van der Waals surface area contributed by atoms with Crippen molar-refractivity contribution in [2.75, 3.05) is 5.32 Å². The molecule has 0 aromatic heterocycles. The van der Waals surface area contributed by atoms with Crippen LogP contribution < -0.4 is 5.32 Å². The summed E-state index contributed by atoms with van der Waals surface area (Å²) in [6.45, 7) is 0. The predicted molar refractivity (Wildman–Crippen MR) is 153 cm³/mol. The van der Waals surface area contributed by atoms with E-state index >= 15 is 0 Å². The van der Waals surface area contributed by atoms with Crippen molar-refractivity contribution in [3.63, 3.8) is 0 Å². The van der Waals surface area contributed by atoms with Crippen LogP contribution in [0.25, 0.3) is 44.2 Å².